The monoisotopic (exact) mass is 295 g/mol. The van der Waals surface area contributed by atoms with Crippen molar-refractivity contribution in [3.8, 4) is 0 Å². The lowest BCUT2D eigenvalue weighted by atomic mass is 9.96. The Morgan fingerprint density at radius 3 is 2.95 bits per heavy atom. The molecule has 2 atom stereocenters. The highest BCUT2D eigenvalue weighted by Gasteiger charge is 2.23. The Morgan fingerprint density at radius 2 is 2.25 bits per heavy atom. The molecule has 20 heavy (non-hydrogen) atoms. The number of aromatic nitrogens is 1. The minimum atomic E-state index is 0.424. The summed E-state index contributed by atoms with van der Waals surface area (Å²) in [5.74, 6) is 0.854. The first kappa shape index (κ1) is 15.8. The van der Waals surface area contributed by atoms with Crippen molar-refractivity contribution in [3.63, 3.8) is 0 Å². The molecule has 1 aliphatic rings. The van der Waals surface area contributed by atoms with Crippen LogP contribution in [-0.2, 0) is 0 Å². The van der Waals surface area contributed by atoms with Crippen molar-refractivity contribution in [3.05, 3.63) is 10.6 Å². The lowest BCUT2D eigenvalue weighted by molar-refractivity contribution is 0.404. The Morgan fingerprint density at radius 1 is 1.45 bits per heavy atom. The standard InChI is InChI=1S/C16H29N3S/c1-5-9-17-12(3)15-13(4)18-16(20-15)19-10-7-8-14(6-2)11-19/h12,14,17H,5-11H2,1-4H3. The predicted octanol–water partition coefficient (Wildman–Crippen LogP) is 4.14. The van der Waals surface area contributed by atoms with Crippen LogP contribution in [0.5, 0.6) is 0 Å². The van der Waals surface area contributed by atoms with Crippen molar-refractivity contribution in [2.24, 2.45) is 5.92 Å². The molecular weight excluding hydrogens is 266 g/mol. The maximum absolute atomic E-state index is 4.84. The van der Waals surface area contributed by atoms with Gasteiger partial charge in [-0.15, -0.1) is 11.3 Å². The number of aryl methyl sites for hydroxylation is 1. The van der Waals surface area contributed by atoms with Gasteiger partial charge in [-0.05, 0) is 45.6 Å². The first-order valence-corrected chi connectivity index (χ1v) is 8.93. The number of piperidine rings is 1. The zero-order valence-corrected chi connectivity index (χ0v) is 14.2. The first-order chi connectivity index (χ1) is 9.65. The molecule has 1 fully saturated rings. The van der Waals surface area contributed by atoms with E-state index in [0.717, 1.165) is 12.5 Å². The Labute approximate surface area is 127 Å². The Hall–Kier alpha value is -0.610. The van der Waals surface area contributed by atoms with Crippen LogP contribution in [0.1, 0.15) is 63.1 Å². The van der Waals surface area contributed by atoms with Crippen LogP contribution in [0.3, 0.4) is 0 Å². The molecule has 0 amide bonds. The van der Waals surface area contributed by atoms with E-state index in [1.54, 1.807) is 0 Å². The Balaban J connectivity index is 2.06. The van der Waals surface area contributed by atoms with Crippen molar-refractivity contribution in [2.75, 3.05) is 24.5 Å². The fraction of sp³-hybridized carbons (Fsp3) is 0.812. The molecule has 0 aromatic carbocycles. The summed E-state index contributed by atoms with van der Waals surface area (Å²) in [6, 6.07) is 0.424. The number of hydrogen-bond donors (Lipinski definition) is 1. The molecule has 2 rings (SSSR count). The lowest BCUT2D eigenvalue weighted by Gasteiger charge is -2.32. The highest BCUT2D eigenvalue weighted by molar-refractivity contribution is 7.15. The minimum absolute atomic E-state index is 0.424. The van der Waals surface area contributed by atoms with Crippen LogP contribution >= 0.6 is 11.3 Å². The zero-order chi connectivity index (χ0) is 14.5. The highest BCUT2D eigenvalue weighted by atomic mass is 32.1. The predicted molar refractivity (Wildman–Crippen MR) is 88.8 cm³/mol. The summed E-state index contributed by atoms with van der Waals surface area (Å²) in [5.41, 5.74) is 1.21. The van der Waals surface area contributed by atoms with Gasteiger partial charge in [0.15, 0.2) is 5.13 Å². The average molecular weight is 295 g/mol. The van der Waals surface area contributed by atoms with Crippen molar-refractivity contribution in [1.82, 2.24) is 10.3 Å². The molecular formula is C16H29N3S. The zero-order valence-electron chi connectivity index (χ0n) is 13.4. The van der Waals surface area contributed by atoms with E-state index < -0.39 is 0 Å². The van der Waals surface area contributed by atoms with Gasteiger partial charge in [-0.1, -0.05) is 20.3 Å². The minimum Gasteiger partial charge on any atom is -0.348 e. The van der Waals surface area contributed by atoms with Crippen LogP contribution < -0.4 is 10.2 Å². The van der Waals surface area contributed by atoms with Crippen molar-refractivity contribution in [1.29, 1.82) is 0 Å². The van der Waals surface area contributed by atoms with Crippen LogP contribution in [0, 0.1) is 12.8 Å². The molecule has 4 heteroatoms. The van der Waals surface area contributed by atoms with E-state index in [0.29, 0.717) is 6.04 Å². The highest BCUT2D eigenvalue weighted by Crippen LogP contribution is 2.33. The van der Waals surface area contributed by atoms with Gasteiger partial charge >= 0.3 is 0 Å². The van der Waals surface area contributed by atoms with Gasteiger partial charge in [-0.3, -0.25) is 0 Å². The molecule has 114 valence electrons. The van der Waals surface area contributed by atoms with Gasteiger partial charge in [0.1, 0.15) is 0 Å². The number of anilines is 1. The quantitative estimate of drug-likeness (QED) is 0.855. The van der Waals surface area contributed by atoms with E-state index >= 15 is 0 Å². The second-order valence-corrected chi connectivity index (χ2v) is 6.99. The van der Waals surface area contributed by atoms with Gasteiger partial charge in [0, 0.05) is 24.0 Å². The second kappa shape index (κ2) is 7.41. The summed E-state index contributed by atoms with van der Waals surface area (Å²) in [7, 11) is 0. The topological polar surface area (TPSA) is 28.2 Å². The smallest absolute Gasteiger partial charge is 0.185 e. The summed E-state index contributed by atoms with van der Waals surface area (Å²) in [6.45, 7) is 12.4. The molecule has 0 spiro atoms. The molecule has 1 saturated heterocycles. The second-order valence-electron chi connectivity index (χ2n) is 5.98. The van der Waals surface area contributed by atoms with Crippen LogP contribution in [0.15, 0.2) is 0 Å². The molecule has 1 aliphatic heterocycles. The summed E-state index contributed by atoms with van der Waals surface area (Å²) < 4.78 is 0. The maximum atomic E-state index is 4.84. The van der Waals surface area contributed by atoms with E-state index in [4.69, 9.17) is 4.98 Å². The van der Waals surface area contributed by atoms with E-state index in [9.17, 15) is 0 Å². The maximum Gasteiger partial charge on any atom is 0.185 e. The third-order valence-electron chi connectivity index (χ3n) is 4.28. The Bertz CT molecular complexity index is 416. The molecule has 2 unspecified atom stereocenters. The third-order valence-corrected chi connectivity index (χ3v) is 5.68. The summed E-state index contributed by atoms with van der Waals surface area (Å²) in [6.07, 6.45) is 5.18. The number of nitrogens with one attached hydrogen (secondary N) is 1. The lowest BCUT2D eigenvalue weighted by Crippen LogP contribution is -2.35. The van der Waals surface area contributed by atoms with Crippen LogP contribution in [0.2, 0.25) is 0 Å². The summed E-state index contributed by atoms with van der Waals surface area (Å²) in [4.78, 5) is 8.75. The molecule has 0 bridgehead atoms. The molecule has 1 aromatic rings. The fourth-order valence-electron chi connectivity index (χ4n) is 2.96. The van der Waals surface area contributed by atoms with Gasteiger partial charge in [0.2, 0.25) is 0 Å². The van der Waals surface area contributed by atoms with Gasteiger partial charge in [-0.2, -0.15) is 0 Å². The molecule has 0 saturated carbocycles. The van der Waals surface area contributed by atoms with Crippen molar-refractivity contribution in [2.45, 2.75) is 59.4 Å². The third kappa shape index (κ3) is 3.73. The van der Waals surface area contributed by atoms with Crippen molar-refractivity contribution < 1.29 is 0 Å². The van der Waals surface area contributed by atoms with Gasteiger partial charge < -0.3 is 10.2 Å². The van der Waals surface area contributed by atoms with Gasteiger partial charge in [-0.25, -0.2) is 4.98 Å². The number of nitrogens with zero attached hydrogens (tertiary/aromatic N) is 2. The number of thiazole rings is 1. The van der Waals surface area contributed by atoms with E-state index in [1.807, 2.05) is 11.3 Å². The summed E-state index contributed by atoms with van der Waals surface area (Å²) >= 11 is 1.89. The molecule has 0 radical (unpaired) electrons. The molecule has 3 nitrogen and oxygen atoms in total. The van der Waals surface area contributed by atoms with Crippen molar-refractivity contribution >= 4 is 16.5 Å². The average Bonchev–Trinajstić information content (AvgIpc) is 2.87. The first-order valence-electron chi connectivity index (χ1n) is 8.11. The normalized spacial score (nSPS) is 21.2. The fourth-order valence-corrected chi connectivity index (χ4v) is 4.08. The van der Waals surface area contributed by atoms with E-state index in [-0.39, 0.29) is 0 Å². The molecule has 1 aromatic heterocycles. The number of hydrogen-bond acceptors (Lipinski definition) is 4. The molecule has 0 aliphatic carbocycles. The number of rotatable bonds is 6. The molecule has 1 N–H and O–H groups in total. The van der Waals surface area contributed by atoms with Crippen LogP contribution in [-0.4, -0.2) is 24.6 Å². The van der Waals surface area contributed by atoms with E-state index in [1.165, 1.54) is 54.5 Å². The van der Waals surface area contributed by atoms with Gasteiger partial charge in [0.05, 0.1) is 5.69 Å². The van der Waals surface area contributed by atoms with Crippen LogP contribution in [0.25, 0.3) is 0 Å². The largest absolute Gasteiger partial charge is 0.348 e. The SMILES string of the molecule is CCCNC(C)c1sc(N2CCCC(CC)C2)nc1C. The van der Waals surface area contributed by atoms with Crippen LogP contribution in [0.4, 0.5) is 5.13 Å². The molecule has 2 heterocycles. The van der Waals surface area contributed by atoms with E-state index in [2.05, 4.69) is 37.9 Å². The summed E-state index contributed by atoms with van der Waals surface area (Å²) in [5, 5.41) is 4.81. The Kier molecular flexibility index (Phi) is 5.85. The van der Waals surface area contributed by atoms with Gasteiger partial charge in [0.25, 0.3) is 0 Å².